The Morgan fingerprint density at radius 3 is 2.63 bits per heavy atom. The van der Waals surface area contributed by atoms with Crippen LogP contribution in [0.15, 0.2) is 40.9 Å². The number of β-lactam (4-membered cyclic amide) rings is 1. The highest BCUT2D eigenvalue weighted by atomic mass is 32.2. The van der Waals surface area contributed by atoms with E-state index in [0.717, 1.165) is 5.69 Å². The Morgan fingerprint density at radius 2 is 2.00 bits per heavy atom. The second-order valence-corrected chi connectivity index (χ2v) is 9.41. The number of aliphatic carboxylic acids is 1. The highest BCUT2D eigenvalue weighted by Crippen LogP contribution is 2.51. The molecule has 0 aliphatic carbocycles. The zero-order valence-electron chi connectivity index (χ0n) is 16.7. The van der Waals surface area contributed by atoms with Crippen molar-refractivity contribution in [2.45, 2.75) is 43.7 Å². The first kappa shape index (κ1) is 20.9. The molecule has 6 atom stereocenters. The zero-order valence-corrected chi connectivity index (χ0v) is 17.6. The quantitative estimate of drug-likeness (QED) is 0.501. The summed E-state index contributed by atoms with van der Waals surface area (Å²) >= 11 is 1.43. The topological polar surface area (TPSA) is 119 Å². The molecule has 2 saturated heterocycles. The summed E-state index contributed by atoms with van der Waals surface area (Å²) in [6.07, 6.45) is -0.259. The van der Waals surface area contributed by atoms with Crippen molar-refractivity contribution in [3.8, 4) is 0 Å². The van der Waals surface area contributed by atoms with Crippen molar-refractivity contribution in [1.29, 1.82) is 0 Å². The lowest BCUT2D eigenvalue weighted by atomic mass is 9.79. The van der Waals surface area contributed by atoms with Crippen LogP contribution in [-0.4, -0.2) is 62.9 Å². The van der Waals surface area contributed by atoms with Crippen molar-refractivity contribution in [1.82, 2.24) is 10.2 Å². The Kier molecular flexibility index (Phi) is 5.61. The molecule has 2 fully saturated rings. The molecule has 4 rings (SSSR count). The standard InChI is InChI=1S/C21H25N3O5S/c1-10-16-15(11(2)25)20(27)24(16)17(21(28)29)18(10)30-13-8-14(22-9-13)19(26)23-12-6-4-3-5-7-12/h3-7,10-11,13-16,22,25H,8-9H2,1-2H3,(H,23,26)(H,28,29)/t10-,11-,13+,14+,15-,16-/m1/s1. The van der Waals surface area contributed by atoms with E-state index >= 15 is 0 Å². The minimum absolute atomic E-state index is 0.0159. The fourth-order valence-electron chi connectivity index (χ4n) is 4.60. The van der Waals surface area contributed by atoms with Gasteiger partial charge < -0.3 is 25.7 Å². The third-order valence-electron chi connectivity index (χ3n) is 6.05. The first-order chi connectivity index (χ1) is 14.3. The molecule has 3 heterocycles. The molecule has 8 nitrogen and oxygen atoms in total. The van der Waals surface area contributed by atoms with Crippen LogP contribution in [0.3, 0.4) is 0 Å². The van der Waals surface area contributed by atoms with Gasteiger partial charge in [0.25, 0.3) is 0 Å². The molecule has 0 spiro atoms. The second kappa shape index (κ2) is 8.05. The molecular formula is C21H25N3O5S. The van der Waals surface area contributed by atoms with Crippen LogP contribution in [0.1, 0.15) is 20.3 Å². The fourth-order valence-corrected chi connectivity index (χ4v) is 6.08. The van der Waals surface area contributed by atoms with Crippen LogP contribution in [-0.2, 0) is 14.4 Å². The number of para-hydroxylation sites is 1. The fraction of sp³-hybridized carbons (Fsp3) is 0.476. The number of carbonyl (C=O) groups is 3. The van der Waals surface area contributed by atoms with Gasteiger partial charge in [0.1, 0.15) is 5.70 Å². The number of carbonyl (C=O) groups excluding carboxylic acids is 2. The first-order valence-corrected chi connectivity index (χ1v) is 10.9. The average Bonchev–Trinajstić information content (AvgIpc) is 3.25. The molecule has 0 radical (unpaired) electrons. The normalized spacial score (nSPS) is 31.4. The number of carboxylic acids is 1. The van der Waals surface area contributed by atoms with Gasteiger partial charge >= 0.3 is 5.97 Å². The molecule has 1 aromatic carbocycles. The smallest absolute Gasteiger partial charge is 0.353 e. The van der Waals surface area contributed by atoms with E-state index in [1.165, 1.54) is 16.7 Å². The molecule has 4 N–H and O–H groups in total. The number of hydrogen-bond donors (Lipinski definition) is 4. The van der Waals surface area contributed by atoms with Crippen molar-refractivity contribution in [2.75, 3.05) is 11.9 Å². The molecule has 1 aromatic rings. The summed E-state index contributed by atoms with van der Waals surface area (Å²) in [6, 6.07) is 8.54. The van der Waals surface area contributed by atoms with Gasteiger partial charge in [-0.3, -0.25) is 9.59 Å². The summed E-state index contributed by atoms with van der Waals surface area (Å²) in [5.41, 5.74) is 0.754. The maximum atomic E-state index is 12.5. The molecule has 160 valence electrons. The number of thioether (sulfide) groups is 1. The van der Waals surface area contributed by atoms with Crippen molar-refractivity contribution < 1.29 is 24.6 Å². The molecule has 30 heavy (non-hydrogen) atoms. The number of nitrogens with zero attached hydrogens (tertiary/aromatic N) is 1. The van der Waals surface area contributed by atoms with Crippen molar-refractivity contribution in [3.05, 3.63) is 40.9 Å². The van der Waals surface area contributed by atoms with Crippen molar-refractivity contribution >= 4 is 35.2 Å². The monoisotopic (exact) mass is 431 g/mol. The number of nitrogens with one attached hydrogen (secondary N) is 2. The minimum atomic E-state index is -1.13. The van der Waals surface area contributed by atoms with Crippen LogP contribution < -0.4 is 10.6 Å². The summed E-state index contributed by atoms with van der Waals surface area (Å²) in [5, 5.41) is 25.8. The highest BCUT2D eigenvalue weighted by Gasteiger charge is 2.60. The number of hydrogen-bond acceptors (Lipinski definition) is 6. The molecule has 0 bridgehead atoms. The van der Waals surface area contributed by atoms with E-state index < -0.39 is 18.0 Å². The Bertz CT molecular complexity index is 903. The number of rotatable bonds is 6. The molecule has 0 aromatic heterocycles. The number of anilines is 1. The van der Waals surface area contributed by atoms with Crippen LogP contribution in [0.2, 0.25) is 0 Å². The Hall–Kier alpha value is -2.36. The molecule has 0 unspecified atom stereocenters. The summed E-state index contributed by atoms with van der Waals surface area (Å²) < 4.78 is 0. The van der Waals surface area contributed by atoms with Crippen LogP contribution in [0, 0.1) is 11.8 Å². The van der Waals surface area contributed by atoms with E-state index in [-0.39, 0.29) is 40.8 Å². The van der Waals surface area contributed by atoms with Gasteiger partial charge in [-0.2, -0.15) is 0 Å². The Balaban J connectivity index is 1.44. The third kappa shape index (κ3) is 3.51. The molecule has 9 heteroatoms. The number of aliphatic hydroxyl groups excluding tert-OH is 1. The second-order valence-electron chi connectivity index (χ2n) is 8.06. The maximum absolute atomic E-state index is 12.5. The highest BCUT2D eigenvalue weighted by molar-refractivity contribution is 8.03. The predicted octanol–water partition coefficient (Wildman–Crippen LogP) is 1.24. The average molecular weight is 432 g/mol. The summed E-state index contributed by atoms with van der Waals surface area (Å²) in [5.74, 6) is -2.33. The summed E-state index contributed by atoms with van der Waals surface area (Å²) in [6.45, 7) is 4.04. The van der Waals surface area contributed by atoms with Crippen LogP contribution >= 0.6 is 11.8 Å². The van der Waals surface area contributed by atoms with Crippen molar-refractivity contribution in [2.24, 2.45) is 11.8 Å². The van der Waals surface area contributed by atoms with E-state index in [4.69, 9.17) is 0 Å². The zero-order chi connectivity index (χ0) is 21.6. The van der Waals surface area contributed by atoms with E-state index in [1.807, 2.05) is 37.3 Å². The maximum Gasteiger partial charge on any atom is 0.353 e. The summed E-state index contributed by atoms with van der Waals surface area (Å²) in [7, 11) is 0. The van der Waals surface area contributed by atoms with Gasteiger partial charge in [0.2, 0.25) is 11.8 Å². The SMILES string of the molecule is C[C@@H](O)[C@H]1C(=O)N2C(C(=O)O)=C(S[C@@H]3CN[C@H](C(=O)Nc4ccccc4)C3)[C@H](C)[C@H]12. The van der Waals surface area contributed by atoms with Crippen LogP contribution in [0.4, 0.5) is 5.69 Å². The number of fused-ring (bicyclic) bond motifs is 1. The van der Waals surface area contributed by atoms with E-state index in [0.29, 0.717) is 17.9 Å². The largest absolute Gasteiger partial charge is 0.477 e. The molecule has 3 aliphatic heterocycles. The van der Waals surface area contributed by atoms with Gasteiger partial charge in [-0.15, -0.1) is 11.8 Å². The van der Waals surface area contributed by atoms with Gasteiger partial charge in [-0.05, 0) is 25.5 Å². The molecular weight excluding hydrogens is 406 g/mol. The number of amides is 2. The van der Waals surface area contributed by atoms with Gasteiger partial charge in [-0.1, -0.05) is 25.1 Å². The lowest BCUT2D eigenvalue weighted by Crippen LogP contribution is -2.63. The predicted molar refractivity (Wildman–Crippen MR) is 112 cm³/mol. The number of benzene rings is 1. The molecule has 3 aliphatic rings. The van der Waals surface area contributed by atoms with Crippen LogP contribution in [0.5, 0.6) is 0 Å². The van der Waals surface area contributed by atoms with Gasteiger partial charge in [0.15, 0.2) is 0 Å². The van der Waals surface area contributed by atoms with E-state index in [9.17, 15) is 24.6 Å². The van der Waals surface area contributed by atoms with Gasteiger partial charge in [0.05, 0.1) is 24.1 Å². The third-order valence-corrected chi connectivity index (χ3v) is 7.56. The Morgan fingerprint density at radius 1 is 1.30 bits per heavy atom. The van der Waals surface area contributed by atoms with Crippen LogP contribution in [0.25, 0.3) is 0 Å². The summed E-state index contributed by atoms with van der Waals surface area (Å²) in [4.78, 5) is 38.9. The molecule has 0 saturated carbocycles. The first-order valence-electron chi connectivity index (χ1n) is 10.0. The van der Waals surface area contributed by atoms with Gasteiger partial charge in [0, 0.05) is 28.3 Å². The number of aliphatic hydroxyl groups is 1. The van der Waals surface area contributed by atoms with Gasteiger partial charge in [-0.25, -0.2) is 4.79 Å². The van der Waals surface area contributed by atoms with E-state index in [1.54, 1.807) is 6.92 Å². The molecule has 2 amide bonds. The number of carboxylic acid groups (broad SMARTS) is 1. The van der Waals surface area contributed by atoms with E-state index in [2.05, 4.69) is 10.6 Å². The lowest BCUT2D eigenvalue weighted by Gasteiger charge is -2.46. The van der Waals surface area contributed by atoms with Crippen molar-refractivity contribution in [3.63, 3.8) is 0 Å². The lowest BCUT2D eigenvalue weighted by molar-refractivity contribution is -0.163. The Labute approximate surface area is 178 Å². The minimum Gasteiger partial charge on any atom is -0.477 e.